The lowest BCUT2D eigenvalue weighted by Gasteiger charge is -2.21. The van der Waals surface area contributed by atoms with Gasteiger partial charge in [-0.1, -0.05) is 61.8 Å². The molecule has 2 aromatic carbocycles. The predicted octanol–water partition coefficient (Wildman–Crippen LogP) is 5.48. The highest BCUT2D eigenvalue weighted by molar-refractivity contribution is 6.31. The minimum Gasteiger partial charge on any atom is -0.394 e. The van der Waals surface area contributed by atoms with E-state index in [1.807, 2.05) is 47.9 Å². The first-order valence-corrected chi connectivity index (χ1v) is 10.4. The maximum absolute atomic E-state index is 9.83. The molecule has 0 amide bonds. The lowest BCUT2D eigenvalue weighted by atomic mass is 10.0. The molecule has 0 fully saturated rings. The van der Waals surface area contributed by atoms with Crippen molar-refractivity contribution in [1.29, 1.82) is 0 Å². The Bertz CT molecular complexity index is 1170. The molecule has 2 N–H and O–H groups in total. The first-order valence-electron chi connectivity index (χ1n) is 10.0. The molecule has 6 heteroatoms. The van der Waals surface area contributed by atoms with E-state index in [9.17, 15) is 5.11 Å². The summed E-state index contributed by atoms with van der Waals surface area (Å²) in [6.07, 6.45) is 3.63. The van der Waals surface area contributed by atoms with Crippen LogP contribution in [0.1, 0.15) is 19.4 Å². The summed E-state index contributed by atoms with van der Waals surface area (Å²) in [5.74, 6) is 0.960. The lowest BCUT2D eigenvalue weighted by Crippen LogP contribution is -2.30. The van der Waals surface area contributed by atoms with Crippen LogP contribution in [0.5, 0.6) is 0 Å². The van der Waals surface area contributed by atoms with Crippen molar-refractivity contribution in [2.45, 2.75) is 26.8 Å². The third-order valence-electron chi connectivity index (χ3n) is 5.42. The number of halogens is 1. The number of aliphatic hydroxyl groups is 1. The zero-order valence-corrected chi connectivity index (χ0v) is 18.1. The number of fused-ring (bicyclic) bond motifs is 1. The quantitative estimate of drug-likeness (QED) is 0.433. The van der Waals surface area contributed by atoms with Crippen LogP contribution in [0, 0.1) is 12.8 Å². The molecule has 154 valence electrons. The highest BCUT2D eigenvalue weighted by atomic mass is 35.5. The molecule has 0 aliphatic heterocycles. The van der Waals surface area contributed by atoms with E-state index in [2.05, 4.69) is 47.5 Å². The first-order chi connectivity index (χ1) is 14.5. The number of hydrogen-bond donors (Lipinski definition) is 2. The molecule has 2 aromatic heterocycles. The number of rotatable bonds is 6. The van der Waals surface area contributed by atoms with E-state index in [0.29, 0.717) is 10.8 Å². The van der Waals surface area contributed by atoms with Gasteiger partial charge in [0.25, 0.3) is 0 Å². The minimum atomic E-state index is -0.108. The Hall–Kier alpha value is -2.89. The number of aryl methyl sites for hydroxylation is 1. The van der Waals surface area contributed by atoms with Crippen LogP contribution in [0.2, 0.25) is 5.02 Å². The van der Waals surface area contributed by atoms with Crippen LogP contribution < -0.4 is 5.32 Å². The molecule has 0 saturated heterocycles. The van der Waals surface area contributed by atoms with E-state index < -0.39 is 0 Å². The van der Waals surface area contributed by atoms with Gasteiger partial charge < -0.3 is 15.0 Å². The molecule has 5 nitrogen and oxygen atoms in total. The van der Waals surface area contributed by atoms with Crippen LogP contribution in [-0.2, 0) is 0 Å². The fourth-order valence-corrected chi connectivity index (χ4v) is 3.71. The molecule has 0 spiro atoms. The summed E-state index contributed by atoms with van der Waals surface area (Å²) in [5.41, 5.74) is 4.84. The highest BCUT2D eigenvalue weighted by Crippen LogP contribution is 2.36. The summed E-state index contributed by atoms with van der Waals surface area (Å²) in [5, 5.41) is 14.9. The van der Waals surface area contributed by atoms with E-state index in [-0.39, 0.29) is 18.6 Å². The van der Waals surface area contributed by atoms with Gasteiger partial charge in [0.2, 0.25) is 0 Å². The Morgan fingerprint density at radius 1 is 1.10 bits per heavy atom. The predicted molar refractivity (Wildman–Crippen MR) is 123 cm³/mol. The van der Waals surface area contributed by atoms with Crippen LogP contribution in [0.4, 0.5) is 5.82 Å². The molecule has 0 unspecified atom stereocenters. The smallest absolute Gasteiger partial charge is 0.150 e. The number of nitrogens with one attached hydrogen (secondary N) is 1. The van der Waals surface area contributed by atoms with Crippen LogP contribution in [0.3, 0.4) is 0 Å². The van der Waals surface area contributed by atoms with Gasteiger partial charge in [0, 0.05) is 22.5 Å². The molecule has 30 heavy (non-hydrogen) atoms. The second kappa shape index (κ2) is 8.46. The summed E-state index contributed by atoms with van der Waals surface area (Å²) in [6, 6.07) is 16.1. The minimum absolute atomic E-state index is 0.0259. The second-order valence-corrected chi connectivity index (χ2v) is 8.22. The number of benzene rings is 2. The van der Waals surface area contributed by atoms with Crippen molar-refractivity contribution in [3.63, 3.8) is 0 Å². The van der Waals surface area contributed by atoms with Gasteiger partial charge in [-0.25, -0.2) is 9.97 Å². The van der Waals surface area contributed by atoms with Crippen molar-refractivity contribution in [1.82, 2.24) is 14.5 Å². The molecule has 4 rings (SSSR count). The zero-order valence-electron chi connectivity index (χ0n) is 17.3. The molecule has 0 aliphatic carbocycles. The van der Waals surface area contributed by atoms with Gasteiger partial charge in [0.1, 0.15) is 12.1 Å². The van der Waals surface area contributed by atoms with Gasteiger partial charge >= 0.3 is 0 Å². The van der Waals surface area contributed by atoms with Gasteiger partial charge in [-0.2, -0.15) is 0 Å². The number of anilines is 1. The molecular formula is C24H25ClN4O. The van der Waals surface area contributed by atoms with E-state index in [0.717, 1.165) is 33.4 Å². The molecular weight excluding hydrogens is 396 g/mol. The van der Waals surface area contributed by atoms with Crippen LogP contribution in [0.15, 0.2) is 61.1 Å². The Morgan fingerprint density at radius 2 is 1.87 bits per heavy atom. The molecule has 0 aliphatic rings. The van der Waals surface area contributed by atoms with Crippen LogP contribution in [-0.4, -0.2) is 32.3 Å². The number of nitrogens with zero attached hydrogens (tertiary/aromatic N) is 3. The summed E-state index contributed by atoms with van der Waals surface area (Å²) in [4.78, 5) is 9.13. The standard InChI is InChI=1S/C24H25ClN4O/c1-15(2)21(13-30)28-23-22-19(17-7-5-4-6-8-17)12-29(24(22)27-14-26-23)18-10-9-16(3)20(25)11-18/h4-12,14-15,21,30H,13H2,1-3H3,(H,26,27,28)/t21-/m1/s1. The average Bonchev–Trinajstić information content (AvgIpc) is 3.15. The molecule has 0 radical (unpaired) electrons. The van der Waals surface area contributed by atoms with Crippen molar-refractivity contribution in [2.24, 2.45) is 5.92 Å². The van der Waals surface area contributed by atoms with Crippen LogP contribution >= 0.6 is 11.6 Å². The van der Waals surface area contributed by atoms with E-state index in [4.69, 9.17) is 11.6 Å². The average molecular weight is 421 g/mol. The summed E-state index contributed by atoms with van der Waals surface area (Å²) in [6.45, 7) is 6.16. The van der Waals surface area contributed by atoms with Crippen molar-refractivity contribution < 1.29 is 5.11 Å². The molecule has 1 atom stereocenters. The second-order valence-electron chi connectivity index (χ2n) is 7.81. The Balaban J connectivity index is 1.96. The maximum atomic E-state index is 9.83. The third-order valence-corrected chi connectivity index (χ3v) is 5.83. The fraction of sp³-hybridized carbons (Fsp3) is 0.250. The van der Waals surface area contributed by atoms with Gasteiger partial charge in [0.15, 0.2) is 5.65 Å². The summed E-state index contributed by atoms with van der Waals surface area (Å²) >= 11 is 6.41. The normalized spacial score (nSPS) is 12.5. The Kier molecular flexibility index (Phi) is 5.75. The van der Waals surface area contributed by atoms with Crippen molar-refractivity contribution >= 4 is 28.5 Å². The van der Waals surface area contributed by atoms with E-state index >= 15 is 0 Å². The Morgan fingerprint density at radius 3 is 2.53 bits per heavy atom. The molecule has 4 aromatic rings. The lowest BCUT2D eigenvalue weighted by molar-refractivity contribution is 0.249. The van der Waals surface area contributed by atoms with Crippen molar-refractivity contribution in [2.75, 3.05) is 11.9 Å². The highest BCUT2D eigenvalue weighted by Gasteiger charge is 2.20. The van der Waals surface area contributed by atoms with Gasteiger partial charge in [-0.15, -0.1) is 0 Å². The fourth-order valence-electron chi connectivity index (χ4n) is 3.53. The number of hydrogen-bond acceptors (Lipinski definition) is 4. The summed E-state index contributed by atoms with van der Waals surface area (Å²) in [7, 11) is 0. The monoisotopic (exact) mass is 420 g/mol. The topological polar surface area (TPSA) is 63.0 Å². The van der Waals surface area contributed by atoms with Gasteiger partial charge in [0.05, 0.1) is 18.0 Å². The van der Waals surface area contributed by atoms with E-state index in [1.165, 1.54) is 0 Å². The van der Waals surface area contributed by atoms with Crippen molar-refractivity contribution in [3.8, 4) is 16.8 Å². The maximum Gasteiger partial charge on any atom is 0.150 e. The summed E-state index contributed by atoms with van der Waals surface area (Å²) < 4.78 is 2.04. The molecule has 2 heterocycles. The number of aromatic nitrogens is 3. The van der Waals surface area contributed by atoms with Gasteiger partial charge in [-0.3, -0.25) is 0 Å². The van der Waals surface area contributed by atoms with Crippen molar-refractivity contribution in [3.05, 3.63) is 71.6 Å². The Labute approximate surface area is 181 Å². The van der Waals surface area contributed by atoms with Gasteiger partial charge in [-0.05, 0) is 36.1 Å². The largest absolute Gasteiger partial charge is 0.394 e. The zero-order chi connectivity index (χ0) is 21.3. The first kappa shape index (κ1) is 20.4. The molecule has 0 saturated carbocycles. The van der Waals surface area contributed by atoms with Crippen LogP contribution in [0.25, 0.3) is 27.8 Å². The number of aliphatic hydroxyl groups excluding tert-OH is 1. The van der Waals surface area contributed by atoms with E-state index in [1.54, 1.807) is 6.33 Å². The third kappa shape index (κ3) is 3.78. The SMILES string of the molecule is Cc1ccc(-n2cc(-c3ccccc3)c3c(N[C@H](CO)C(C)C)ncnc32)cc1Cl. The molecule has 0 bridgehead atoms.